The van der Waals surface area contributed by atoms with Crippen LogP contribution in [0.3, 0.4) is 0 Å². The molecule has 0 unspecified atom stereocenters. The minimum atomic E-state index is 0.283. The third kappa shape index (κ3) is 2.39. The second-order valence-corrected chi connectivity index (χ2v) is 5.76. The van der Waals surface area contributed by atoms with E-state index in [1.807, 2.05) is 20.8 Å². The SMILES string of the molecule is Cc1nc(C(C)C)sc1-c1nc(C(C)C)no1. The van der Waals surface area contributed by atoms with Crippen molar-refractivity contribution < 1.29 is 4.52 Å². The van der Waals surface area contributed by atoms with Gasteiger partial charge in [-0.25, -0.2) is 4.98 Å². The Morgan fingerprint density at radius 3 is 2.24 bits per heavy atom. The van der Waals surface area contributed by atoms with Gasteiger partial charge in [-0.05, 0) is 6.92 Å². The zero-order chi connectivity index (χ0) is 12.6. The predicted molar refractivity (Wildman–Crippen MR) is 68.3 cm³/mol. The molecule has 4 nitrogen and oxygen atoms in total. The van der Waals surface area contributed by atoms with E-state index in [-0.39, 0.29) is 5.92 Å². The first kappa shape index (κ1) is 12.2. The molecule has 0 aliphatic rings. The van der Waals surface area contributed by atoms with Gasteiger partial charge in [-0.3, -0.25) is 0 Å². The maximum atomic E-state index is 5.30. The van der Waals surface area contributed by atoms with Crippen LogP contribution in [-0.2, 0) is 0 Å². The first-order valence-corrected chi connectivity index (χ1v) is 6.62. The van der Waals surface area contributed by atoms with E-state index in [9.17, 15) is 0 Å². The fourth-order valence-corrected chi connectivity index (χ4v) is 2.42. The summed E-state index contributed by atoms with van der Waals surface area (Å²) in [6.45, 7) is 10.4. The Morgan fingerprint density at radius 1 is 1.06 bits per heavy atom. The topological polar surface area (TPSA) is 51.8 Å². The number of thiazole rings is 1. The van der Waals surface area contributed by atoms with Crippen molar-refractivity contribution in [1.82, 2.24) is 15.1 Å². The Bertz CT molecular complexity index is 514. The Labute approximate surface area is 105 Å². The molecule has 0 saturated carbocycles. The molecule has 0 radical (unpaired) electrons. The van der Waals surface area contributed by atoms with Gasteiger partial charge in [0.2, 0.25) is 0 Å². The molecule has 0 fully saturated rings. The number of aromatic nitrogens is 3. The Kier molecular flexibility index (Phi) is 3.28. The van der Waals surface area contributed by atoms with Gasteiger partial charge in [0.25, 0.3) is 5.89 Å². The van der Waals surface area contributed by atoms with E-state index in [4.69, 9.17) is 4.52 Å². The van der Waals surface area contributed by atoms with Crippen LogP contribution in [0, 0.1) is 6.92 Å². The average Bonchev–Trinajstić information content (AvgIpc) is 2.83. The van der Waals surface area contributed by atoms with E-state index >= 15 is 0 Å². The van der Waals surface area contributed by atoms with Crippen LogP contribution < -0.4 is 0 Å². The highest BCUT2D eigenvalue weighted by Gasteiger charge is 2.18. The molecule has 2 heterocycles. The standard InChI is InChI=1S/C12H17N3OS/c1-6(2)10-14-11(16-15-10)9-8(5)13-12(17-9)7(3)4/h6-7H,1-5H3. The second kappa shape index (κ2) is 4.56. The molecular weight excluding hydrogens is 234 g/mol. The molecule has 0 aliphatic carbocycles. The van der Waals surface area contributed by atoms with Gasteiger partial charge in [0, 0.05) is 11.8 Å². The van der Waals surface area contributed by atoms with E-state index in [0.29, 0.717) is 11.8 Å². The van der Waals surface area contributed by atoms with Gasteiger partial charge in [0.1, 0.15) is 4.88 Å². The summed E-state index contributed by atoms with van der Waals surface area (Å²) < 4.78 is 5.30. The van der Waals surface area contributed by atoms with Gasteiger partial charge in [-0.2, -0.15) is 4.98 Å². The number of nitrogens with zero attached hydrogens (tertiary/aromatic N) is 3. The van der Waals surface area contributed by atoms with Gasteiger partial charge < -0.3 is 4.52 Å². The molecular formula is C12H17N3OS. The lowest BCUT2D eigenvalue weighted by Gasteiger charge is -1.94. The highest BCUT2D eigenvalue weighted by Crippen LogP contribution is 2.32. The normalized spacial score (nSPS) is 11.7. The predicted octanol–water partition coefficient (Wildman–Crippen LogP) is 3.75. The summed E-state index contributed by atoms with van der Waals surface area (Å²) >= 11 is 1.64. The molecule has 92 valence electrons. The van der Waals surface area contributed by atoms with E-state index in [2.05, 4.69) is 29.0 Å². The fourth-order valence-electron chi connectivity index (χ4n) is 1.42. The van der Waals surface area contributed by atoms with Crippen LogP contribution in [0.4, 0.5) is 0 Å². The highest BCUT2D eigenvalue weighted by molar-refractivity contribution is 7.15. The van der Waals surface area contributed by atoms with Gasteiger partial charge in [-0.15, -0.1) is 11.3 Å². The molecule has 2 aromatic heterocycles. The summed E-state index contributed by atoms with van der Waals surface area (Å²) in [5.41, 5.74) is 0.970. The molecule has 0 amide bonds. The van der Waals surface area contributed by atoms with Gasteiger partial charge in [0.05, 0.1) is 10.7 Å². The molecule has 2 rings (SSSR count). The number of aryl methyl sites for hydroxylation is 1. The van der Waals surface area contributed by atoms with Gasteiger partial charge in [0.15, 0.2) is 5.82 Å². The minimum absolute atomic E-state index is 0.283. The van der Waals surface area contributed by atoms with Crippen LogP contribution in [0.25, 0.3) is 10.8 Å². The lowest BCUT2D eigenvalue weighted by atomic mass is 10.2. The van der Waals surface area contributed by atoms with Crippen molar-refractivity contribution in [3.8, 4) is 10.8 Å². The van der Waals surface area contributed by atoms with Crippen molar-refractivity contribution >= 4 is 11.3 Å². The van der Waals surface area contributed by atoms with E-state index in [0.717, 1.165) is 21.4 Å². The monoisotopic (exact) mass is 251 g/mol. The van der Waals surface area contributed by atoms with Crippen molar-refractivity contribution in [2.45, 2.75) is 46.5 Å². The van der Waals surface area contributed by atoms with E-state index in [1.54, 1.807) is 11.3 Å². The van der Waals surface area contributed by atoms with Crippen LogP contribution in [-0.4, -0.2) is 15.1 Å². The van der Waals surface area contributed by atoms with Crippen molar-refractivity contribution in [2.75, 3.05) is 0 Å². The summed E-state index contributed by atoms with van der Waals surface area (Å²) in [4.78, 5) is 9.93. The summed E-state index contributed by atoms with van der Waals surface area (Å²) in [6.07, 6.45) is 0. The molecule has 5 heteroatoms. The maximum absolute atomic E-state index is 5.30. The average molecular weight is 251 g/mol. The molecule has 0 spiro atoms. The van der Waals surface area contributed by atoms with Crippen LogP contribution in [0.5, 0.6) is 0 Å². The molecule has 0 atom stereocenters. The lowest BCUT2D eigenvalue weighted by Crippen LogP contribution is -1.89. The number of rotatable bonds is 3. The zero-order valence-corrected chi connectivity index (χ0v) is 11.6. The van der Waals surface area contributed by atoms with Gasteiger partial charge in [-0.1, -0.05) is 32.9 Å². The third-order valence-electron chi connectivity index (χ3n) is 2.46. The molecule has 0 N–H and O–H groups in total. The molecule has 17 heavy (non-hydrogen) atoms. The Hall–Kier alpha value is -1.23. The fraction of sp³-hybridized carbons (Fsp3) is 0.583. The first-order chi connectivity index (χ1) is 7.99. The Morgan fingerprint density at radius 2 is 1.76 bits per heavy atom. The van der Waals surface area contributed by atoms with Crippen molar-refractivity contribution in [3.05, 3.63) is 16.5 Å². The van der Waals surface area contributed by atoms with Crippen molar-refractivity contribution in [3.63, 3.8) is 0 Å². The first-order valence-electron chi connectivity index (χ1n) is 5.80. The van der Waals surface area contributed by atoms with Crippen LogP contribution in [0.2, 0.25) is 0 Å². The largest absolute Gasteiger partial charge is 0.333 e. The van der Waals surface area contributed by atoms with Crippen LogP contribution in [0.1, 0.15) is 56.1 Å². The number of hydrogen-bond acceptors (Lipinski definition) is 5. The van der Waals surface area contributed by atoms with Gasteiger partial charge >= 0.3 is 0 Å². The molecule has 0 saturated heterocycles. The van der Waals surface area contributed by atoms with E-state index < -0.39 is 0 Å². The van der Waals surface area contributed by atoms with Crippen molar-refractivity contribution in [1.29, 1.82) is 0 Å². The minimum Gasteiger partial charge on any atom is -0.333 e. The zero-order valence-electron chi connectivity index (χ0n) is 10.8. The smallest absolute Gasteiger partial charge is 0.269 e. The summed E-state index contributed by atoms with van der Waals surface area (Å²) in [5, 5.41) is 5.09. The molecule has 2 aromatic rings. The summed E-state index contributed by atoms with van der Waals surface area (Å²) in [6, 6.07) is 0. The third-order valence-corrected chi connectivity index (χ3v) is 3.91. The second-order valence-electron chi connectivity index (χ2n) is 4.73. The Balaban J connectivity index is 2.38. The highest BCUT2D eigenvalue weighted by atomic mass is 32.1. The van der Waals surface area contributed by atoms with Crippen LogP contribution >= 0.6 is 11.3 Å². The van der Waals surface area contributed by atoms with Crippen molar-refractivity contribution in [2.24, 2.45) is 0 Å². The summed E-state index contributed by atoms with van der Waals surface area (Å²) in [7, 11) is 0. The maximum Gasteiger partial charge on any atom is 0.269 e. The van der Waals surface area contributed by atoms with Crippen LogP contribution in [0.15, 0.2) is 4.52 Å². The quantitative estimate of drug-likeness (QED) is 0.833. The summed E-state index contributed by atoms with van der Waals surface area (Å²) in [5.74, 6) is 2.06. The molecule has 0 aliphatic heterocycles. The molecule has 0 aromatic carbocycles. The molecule has 0 bridgehead atoms. The number of hydrogen-bond donors (Lipinski definition) is 0. The lowest BCUT2D eigenvalue weighted by molar-refractivity contribution is 0.420. The van der Waals surface area contributed by atoms with E-state index in [1.165, 1.54) is 0 Å².